The van der Waals surface area contributed by atoms with Crippen LogP contribution in [0.1, 0.15) is 11.1 Å². The van der Waals surface area contributed by atoms with E-state index >= 15 is 4.39 Å². The fraction of sp³-hybridized carbons (Fsp3) is 0.250. The maximum absolute atomic E-state index is 15.1. The number of primary amides is 1. The number of hydrogen-bond acceptors (Lipinski definition) is 8. The first kappa shape index (κ1) is 29.5. The van der Waals surface area contributed by atoms with Crippen molar-refractivity contribution in [3.8, 4) is 5.75 Å². The van der Waals surface area contributed by atoms with Gasteiger partial charge < -0.3 is 31.0 Å². The third-order valence-electron chi connectivity index (χ3n) is 6.12. The van der Waals surface area contributed by atoms with Crippen molar-refractivity contribution in [2.45, 2.75) is 18.6 Å². The number of ether oxygens (including phenoxy) is 3. The number of halogens is 3. The molecular formula is C28H28F3N5O5. The summed E-state index contributed by atoms with van der Waals surface area (Å²) in [7, 11) is 0. The molecule has 0 aliphatic carbocycles. The second kappa shape index (κ2) is 13.7. The second-order valence-corrected chi connectivity index (χ2v) is 9.03. The standard InChI is InChI=1S/C28H28F3N5O5/c29-19-4-1-17(2-5-19)9-18-3-6-20(30)10-24(18)36(26(37)11-32)25-14-34-13-23(31)27(25)41-16-22-12-35-21(15-40-22)7-8-39-28(33)38/h1-8,10,13-14,21-22,35H,9,11-12,15-16,32H2,(H2,33,38). The van der Waals surface area contributed by atoms with Gasteiger partial charge in [-0.1, -0.05) is 18.2 Å². The number of rotatable bonds is 10. The highest BCUT2D eigenvalue weighted by molar-refractivity contribution is 6.03. The van der Waals surface area contributed by atoms with Crippen LogP contribution in [-0.2, 0) is 20.7 Å². The molecule has 10 nitrogen and oxygen atoms in total. The summed E-state index contributed by atoms with van der Waals surface area (Å²) in [5, 5.41) is 3.15. The van der Waals surface area contributed by atoms with E-state index in [-0.39, 0.29) is 42.8 Å². The summed E-state index contributed by atoms with van der Waals surface area (Å²) in [6.45, 7) is -0.0746. The molecule has 2 heterocycles. The van der Waals surface area contributed by atoms with E-state index in [2.05, 4.69) is 15.0 Å². The highest BCUT2D eigenvalue weighted by Gasteiger charge is 2.28. The number of anilines is 2. The molecule has 1 aromatic heterocycles. The van der Waals surface area contributed by atoms with Gasteiger partial charge >= 0.3 is 6.09 Å². The van der Waals surface area contributed by atoms with Crippen molar-refractivity contribution in [1.82, 2.24) is 10.3 Å². The molecule has 1 aliphatic heterocycles. The van der Waals surface area contributed by atoms with Crippen molar-refractivity contribution in [2.75, 3.05) is 31.2 Å². The van der Waals surface area contributed by atoms with Gasteiger partial charge in [-0.15, -0.1) is 0 Å². The summed E-state index contributed by atoms with van der Waals surface area (Å²) in [6, 6.07) is 9.30. The number of pyridine rings is 1. The van der Waals surface area contributed by atoms with Crippen LogP contribution in [-0.4, -0.2) is 55.4 Å². The van der Waals surface area contributed by atoms with E-state index in [4.69, 9.17) is 20.9 Å². The predicted octanol–water partition coefficient (Wildman–Crippen LogP) is 3.06. The van der Waals surface area contributed by atoms with Crippen molar-refractivity contribution < 1.29 is 37.0 Å². The number of amides is 2. The third-order valence-corrected chi connectivity index (χ3v) is 6.12. The number of hydrogen-bond donors (Lipinski definition) is 3. The van der Waals surface area contributed by atoms with Gasteiger partial charge in [0.05, 0.1) is 43.5 Å². The van der Waals surface area contributed by atoms with E-state index in [1.165, 1.54) is 30.5 Å². The molecule has 2 aromatic carbocycles. The van der Waals surface area contributed by atoms with E-state index in [1.807, 2.05) is 0 Å². The zero-order chi connectivity index (χ0) is 29.4. The van der Waals surface area contributed by atoms with Crippen molar-refractivity contribution in [3.05, 3.63) is 95.8 Å². The van der Waals surface area contributed by atoms with E-state index in [0.29, 0.717) is 17.7 Å². The molecule has 0 saturated carbocycles. The quantitative estimate of drug-likeness (QED) is 0.315. The van der Waals surface area contributed by atoms with Crippen LogP contribution in [0.2, 0.25) is 0 Å². The molecule has 1 aliphatic rings. The molecule has 0 spiro atoms. The number of carbonyl (C=O) groups is 2. The van der Waals surface area contributed by atoms with Crippen LogP contribution < -0.4 is 26.4 Å². The average molecular weight is 572 g/mol. The van der Waals surface area contributed by atoms with Gasteiger partial charge in [0, 0.05) is 6.54 Å². The van der Waals surface area contributed by atoms with Gasteiger partial charge in [-0.3, -0.25) is 14.7 Å². The first-order chi connectivity index (χ1) is 19.7. The monoisotopic (exact) mass is 571 g/mol. The lowest BCUT2D eigenvalue weighted by atomic mass is 10.0. The minimum atomic E-state index is -0.942. The zero-order valence-electron chi connectivity index (χ0n) is 21.8. The lowest BCUT2D eigenvalue weighted by molar-refractivity contribution is -0.116. The molecule has 2 amide bonds. The number of aromatic nitrogens is 1. The molecule has 4 rings (SSSR count). The molecule has 2 atom stereocenters. The Hall–Kier alpha value is -4.46. The molecule has 1 saturated heterocycles. The maximum atomic E-state index is 15.1. The van der Waals surface area contributed by atoms with Gasteiger partial charge in [-0.05, 0) is 47.9 Å². The third kappa shape index (κ3) is 7.81. The van der Waals surface area contributed by atoms with Crippen LogP contribution in [0.3, 0.4) is 0 Å². The Labute approximate surface area is 233 Å². The molecule has 3 aromatic rings. The first-order valence-electron chi connectivity index (χ1n) is 12.5. The minimum Gasteiger partial charge on any atom is -0.485 e. The molecular weight excluding hydrogens is 543 g/mol. The number of nitrogens with two attached hydrogens (primary N) is 2. The van der Waals surface area contributed by atoms with Gasteiger partial charge in [-0.25, -0.2) is 18.0 Å². The molecule has 0 radical (unpaired) electrons. The number of morpholine rings is 1. The Morgan fingerprint density at radius 1 is 1.10 bits per heavy atom. The summed E-state index contributed by atoms with van der Waals surface area (Å²) in [5.41, 5.74) is 11.8. The SMILES string of the molecule is NCC(=O)N(c1cc(F)ccc1Cc1ccc(F)cc1)c1cncc(F)c1OCC1CNC(C=COC(N)=O)CO1. The van der Waals surface area contributed by atoms with Crippen molar-refractivity contribution in [3.63, 3.8) is 0 Å². The van der Waals surface area contributed by atoms with Crippen LogP contribution in [0.4, 0.5) is 29.3 Å². The molecule has 1 fully saturated rings. The smallest absolute Gasteiger partial charge is 0.409 e. The predicted molar refractivity (Wildman–Crippen MR) is 143 cm³/mol. The van der Waals surface area contributed by atoms with Gasteiger partial charge in [0.15, 0.2) is 11.6 Å². The van der Waals surface area contributed by atoms with Crippen molar-refractivity contribution in [1.29, 1.82) is 0 Å². The Morgan fingerprint density at radius 2 is 1.85 bits per heavy atom. The summed E-state index contributed by atoms with van der Waals surface area (Å²) in [6.07, 6.45) is 3.62. The largest absolute Gasteiger partial charge is 0.485 e. The van der Waals surface area contributed by atoms with Gasteiger partial charge in [-0.2, -0.15) is 0 Å². The highest BCUT2D eigenvalue weighted by atomic mass is 19.1. The van der Waals surface area contributed by atoms with Crippen molar-refractivity contribution >= 4 is 23.4 Å². The fourth-order valence-corrected chi connectivity index (χ4v) is 4.17. The number of benzene rings is 2. The highest BCUT2D eigenvalue weighted by Crippen LogP contribution is 2.38. The minimum absolute atomic E-state index is 0.0837. The van der Waals surface area contributed by atoms with Gasteiger partial charge in [0.2, 0.25) is 5.91 Å². The van der Waals surface area contributed by atoms with E-state index in [1.54, 1.807) is 18.2 Å². The summed E-state index contributed by atoms with van der Waals surface area (Å²) >= 11 is 0. The van der Waals surface area contributed by atoms with E-state index in [9.17, 15) is 18.4 Å². The average Bonchev–Trinajstić information content (AvgIpc) is 2.95. The molecule has 41 heavy (non-hydrogen) atoms. The Kier molecular flexibility index (Phi) is 9.90. The number of nitrogens with zero attached hydrogens (tertiary/aromatic N) is 2. The lowest BCUT2D eigenvalue weighted by Gasteiger charge is -2.30. The first-order valence-corrected chi connectivity index (χ1v) is 12.5. The zero-order valence-corrected chi connectivity index (χ0v) is 21.8. The molecule has 216 valence electrons. The van der Waals surface area contributed by atoms with Gasteiger partial charge in [0.1, 0.15) is 30.0 Å². The number of carbonyl (C=O) groups excluding carboxylic acids is 2. The van der Waals surface area contributed by atoms with Crippen LogP contribution in [0, 0.1) is 17.5 Å². The molecule has 0 bridgehead atoms. The summed E-state index contributed by atoms with van der Waals surface area (Å²) < 4.78 is 59.1. The Balaban J connectivity index is 1.58. The molecule has 13 heteroatoms. The normalized spacial score (nSPS) is 16.9. The summed E-state index contributed by atoms with van der Waals surface area (Å²) in [5.74, 6) is -2.89. The lowest BCUT2D eigenvalue weighted by Crippen LogP contribution is -2.47. The molecule has 2 unspecified atom stereocenters. The van der Waals surface area contributed by atoms with E-state index in [0.717, 1.165) is 23.4 Å². The van der Waals surface area contributed by atoms with Crippen LogP contribution >= 0.6 is 0 Å². The Morgan fingerprint density at radius 3 is 2.54 bits per heavy atom. The molecule has 5 N–H and O–H groups in total. The second-order valence-electron chi connectivity index (χ2n) is 9.03. The fourth-order valence-electron chi connectivity index (χ4n) is 4.17. The summed E-state index contributed by atoms with van der Waals surface area (Å²) in [4.78, 5) is 28.8. The number of nitrogens with one attached hydrogen (secondary N) is 1. The topological polar surface area (TPSA) is 142 Å². The van der Waals surface area contributed by atoms with Crippen molar-refractivity contribution in [2.24, 2.45) is 11.5 Å². The van der Waals surface area contributed by atoms with Crippen LogP contribution in [0.15, 0.2) is 67.2 Å². The van der Waals surface area contributed by atoms with Crippen LogP contribution in [0.5, 0.6) is 5.75 Å². The van der Waals surface area contributed by atoms with E-state index < -0.39 is 42.1 Å². The van der Waals surface area contributed by atoms with Gasteiger partial charge in [0.25, 0.3) is 0 Å². The maximum Gasteiger partial charge on any atom is 0.409 e. The van der Waals surface area contributed by atoms with Crippen LogP contribution in [0.25, 0.3) is 0 Å². The Bertz CT molecular complexity index is 1400.